The molecule has 0 saturated carbocycles. The first kappa shape index (κ1) is 24.8. The van der Waals surface area contributed by atoms with E-state index in [4.69, 9.17) is 0 Å². The van der Waals surface area contributed by atoms with Gasteiger partial charge in [-0.1, -0.05) is 42.5 Å². The van der Waals surface area contributed by atoms with Gasteiger partial charge in [-0.3, -0.25) is 4.79 Å². The first-order valence-electron chi connectivity index (χ1n) is 11.4. The Morgan fingerprint density at radius 2 is 1.71 bits per heavy atom. The van der Waals surface area contributed by atoms with Crippen molar-refractivity contribution in [2.24, 2.45) is 5.92 Å². The summed E-state index contributed by atoms with van der Waals surface area (Å²) >= 11 is 0. The van der Waals surface area contributed by atoms with Crippen LogP contribution in [0.25, 0.3) is 0 Å². The quantitative estimate of drug-likeness (QED) is 0.662. The third-order valence-corrected chi connectivity index (χ3v) is 10.1. The second-order valence-corrected chi connectivity index (χ2v) is 13.3. The summed E-state index contributed by atoms with van der Waals surface area (Å²) in [7, 11) is -7.05. The van der Waals surface area contributed by atoms with Crippen LogP contribution in [0.4, 0.5) is 0 Å². The van der Waals surface area contributed by atoms with Crippen molar-refractivity contribution in [3.05, 3.63) is 65.7 Å². The molecule has 2 aromatic carbocycles. The van der Waals surface area contributed by atoms with Gasteiger partial charge in [-0.25, -0.2) is 16.8 Å². The van der Waals surface area contributed by atoms with Gasteiger partial charge in [-0.15, -0.1) is 0 Å². The molecule has 0 aliphatic carbocycles. The minimum absolute atomic E-state index is 0.0344. The number of aliphatic hydroxyl groups excluding tert-OH is 1. The summed E-state index contributed by atoms with van der Waals surface area (Å²) in [6.07, 6.45) is -0.315. The molecule has 2 heterocycles. The first-order chi connectivity index (χ1) is 16.1. The Hall–Kier alpha value is -2.27. The minimum atomic E-state index is -3.92. The number of amides is 1. The predicted octanol–water partition coefficient (Wildman–Crippen LogP) is 1.79. The number of hydrogen-bond acceptors (Lipinski definition) is 6. The van der Waals surface area contributed by atoms with Crippen LogP contribution < -0.4 is 0 Å². The lowest BCUT2D eigenvalue weighted by Gasteiger charge is -2.39. The topological polar surface area (TPSA) is 112 Å². The molecule has 2 fully saturated rings. The summed E-state index contributed by atoms with van der Waals surface area (Å²) in [5, 5.41) is 9.91. The highest BCUT2D eigenvalue weighted by molar-refractivity contribution is 7.91. The monoisotopic (exact) mass is 506 g/mol. The van der Waals surface area contributed by atoms with E-state index < -0.39 is 31.9 Å². The number of carbonyl (C=O) groups is 1. The Balaban J connectivity index is 1.64. The molecule has 34 heavy (non-hydrogen) atoms. The summed E-state index contributed by atoms with van der Waals surface area (Å²) < 4.78 is 52.2. The maximum atomic E-state index is 13.6. The molecule has 2 aliphatic heterocycles. The molecule has 0 radical (unpaired) electrons. The second kappa shape index (κ2) is 9.77. The lowest BCUT2D eigenvalue weighted by atomic mass is 9.85. The lowest BCUT2D eigenvalue weighted by Crippen LogP contribution is -2.52. The van der Waals surface area contributed by atoms with E-state index in [-0.39, 0.29) is 54.4 Å². The number of hydrogen-bond donors (Lipinski definition) is 1. The first-order valence-corrected chi connectivity index (χ1v) is 14.7. The molecule has 10 heteroatoms. The average molecular weight is 507 g/mol. The van der Waals surface area contributed by atoms with Gasteiger partial charge in [0.05, 0.1) is 28.4 Å². The number of piperidine rings is 1. The van der Waals surface area contributed by atoms with Crippen molar-refractivity contribution in [1.82, 2.24) is 9.21 Å². The number of rotatable bonds is 5. The van der Waals surface area contributed by atoms with Crippen molar-refractivity contribution in [1.29, 1.82) is 0 Å². The van der Waals surface area contributed by atoms with Crippen LogP contribution in [0.2, 0.25) is 0 Å². The number of benzene rings is 2. The number of carbonyl (C=O) groups excluding carboxylic acids is 1. The van der Waals surface area contributed by atoms with Gasteiger partial charge >= 0.3 is 0 Å². The Bertz CT molecular complexity index is 1230. The number of sulfonamides is 1. The molecular formula is C24H30N2O6S2. The van der Waals surface area contributed by atoms with Crippen LogP contribution in [0.15, 0.2) is 59.5 Å². The largest absolute Gasteiger partial charge is 0.389 e. The van der Waals surface area contributed by atoms with Crippen LogP contribution in [-0.4, -0.2) is 74.7 Å². The van der Waals surface area contributed by atoms with Crippen LogP contribution >= 0.6 is 0 Å². The lowest BCUT2D eigenvalue weighted by molar-refractivity contribution is -0.136. The van der Waals surface area contributed by atoms with E-state index in [1.165, 1.54) is 16.4 Å². The van der Waals surface area contributed by atoms with Crippen molar-refractivity contribution < 1.29 is 26.7 Å². The molecular weight excluding hydrogens is 476 g/mol. The second-order valence-electron chi connectivity index (χ2n) is 9.09. The van der Waals surface area contributed by atoms with Crippen molar-refractivity contribution in [2.45, 2.75) is 30.3 Å². The Kier molecular flexibility index (Phi) is 7.14. The van der Waals surface area contributed by atoms with Gasteiger partial charge in [0.25, 0.3) is 0 Å². The van der Waals surface area contributed by atoms with Crippen molar-refractivity contribution in [3.63, 3.8) is 0 Å². The summed E-state index contributed by atoms with van der Waals surface area (Å²) in [4.78, 5) is 15.0. The third-order valence-electron chi connectivity index (χ3n) is 6.67. The summed E-state index contributed by atoms with van der Waals surface area (Å²) in [6.45, 7) is 2.12. The summed E-state index contributed by atoms with van der Waals surface area (Å²) in [5.74, 6) is -1.08. The normalized spacial score (nSPS) is 24.5. The van der Waals surface area contributed by atoms with Gasteiger partial charge in [0.1, 0.15) is 0 Å². The molecule has 184 valence electrons. The molecule has 0 bridgehead atoms. The van der Waals surface area contributed by atoms with Gasteiger partial charge in [-0.2, -0.15) is 4.31 Å². The molecule has 4 rings (SSSR count). The van der Waals surface area contributed by atoms with E-state index >= 15 is 0 Å². The standard InChI is InChI=1S/C24H30N2O6S2/c1-18(27)20-8-5-9-23(15-20)34(31,32)26-16-21(19-6-3-2-4-7-19)14-22(17-26)24(28)25-10-12-33(29,30)13-11-25/h2-9,15,18,21-22,27H,10-14,16-17H2,1H3. The van der Waals surface area contributed by atoms with E-state index in [1.807, 2.05) is 30.3 Å². The van der Waals surface area contributed by atoms with Crippen LogP contribution in [0.5, 0.6) is 0 Å². The highest BCUT2D eigenvalue weighted by Crippen LogP contribution is 2.34. The van der Waals surface area contributed by atoms with Crippen LogP contribution in [-0.2, 0) is 24.7 Å². The average Bonchev–Trinajstić information content (AvgIpc) is 2.84. The fourth-order valence-corrected chi connectivity index (χ4v) is 7.46. The van der Waals surface area contributed by atoms with Crippen molar-refractivity contribution in [3.8, 4) is 0 Å². The maximum absolute atomic E-state index is 13.6. The van der Waals surface area contributed by atoms with Gasteiger partial charge in [0.2, 0.25) is 15.9 Å². The number of sulfone groups is 1. The third kappa shape index (κ3) is 5.35. The molecule has 8 nitrogen and oxygen atoms in total. The predicted molar refractivity (Wildman–Crippen MR) is 128 cm³/mol. The highest BCUT2D eigenvalue weighted by Gasteiger charge is 2.40. The van der Waals surface area contributed by atoms with Gasteiger partial charge in [-0.05, 0) is 42.5 Å². The maximum Gasteiger partial charge on any atom is 0.243 e. The molecule has 0 spiro atoms. The zero-order chi connectivity index (χ0) is 24.5. The van der Waals surface area contributed by atoms with Crippen LogP contribution in [0, 0.1) is 5.92 Å². The Morgan fingerprint density at radius 1 is 1.03 bits per heavy atom. The zero-order valence-electron chi connectivity index (χ0n) is 19.1. The van der Waals surface area contributed by atoms with E-state index in [9.17, 15) is 26.7 Å². The molecule has 0 aromatic heterocycles. The van der Waals surface area contributed by atoms with E-state index in [0.717, 1.165) is 5.56 Å². The Labute approximate surface area is 201 Å². The molecule has 3 atom stereocenters. The molecule has 1 amide bonds. The molecule has 3 unspecified atom stereocenters. The van der Waals surface area contributed by atoms with E-state index in [0.29, 0.717) is 12.0 Å². The molecule has 2 aromatic rings. The Morgan fingerprint density at radius 3 is 2.35 bits per heavy atom. The van der Waals surface area contributed by atoms with Crippen molar-refractivity contribution >= 4 is 25.8 Å². The van der Waals surface area contributed by atoms with Crippen molar-refractivity contribution in [2.75, 3.05) is 37.7 Å². The summed E-state index contributed by atoms with van der Waals surface area (Å²) in [5.41, 5.74) is 1.46. The number of aliphatic hydroxyl groups is 1. The van der Waals surface area contributed by atoms with E-state index in [1.54, 1.807) is 24.0 Å². The molecule has 2 saturated heterocycles. The molecule has 2 aliphatic rings. The number of nitrogens with zero attached hydrogens (tertiary/aromatic N) is 2. The van der Waals surface area contributed by atoms with Crippen LogP contribution in [0.3, 0.4) is 0 Å². The van der Waals surface area contributed by atoms with Gasteiger partial charge in [0.15, 0.2) is 9.84 Å². The fourth-order valence-electron chi connectivity index (χ4n) is 4.68. The van der Waals surface area contributed by atoms with E-state index in [2.05, 4.69) is 0 Å². The SMILES string of the molecule is CC(O)c1cccc(S(=O)(=O)N2CC(C(=O)N3CCS(=O)(=O)CC3)CC(c3ccccc3)C2)c1. The highest BCUT2D eigenvalue weighted by atomic mass is 32.2. The zero-order valence-corrected chi connectivity index (χ0v) is 20.7. The minimum Gasteiger partial charge on any atom is -0.389 e. The van der Waals surface area contributed by atoms with Gasteiger partial charge in [0, 0.05) is 26.2 Å². The molecule has 1 N–H and O–H groups in total. The van der Waals surface area contributed by atoms with Gasteiger partial charge < -0.3 is 10.0 Å². The summed E-state index contributed by atoms with van der Waals surface area (Å²) in [6, 6.07) is 15.8. The fraction of sp³-hybridized carbons (Fsp3) is 0.458. The van der Waals surface area contributed by atoms with Crippen LogP contribution in [0.1, 0.15) is 36.5 Å². The smallest absolute Gasteiger partial charge is 0.243 e.